The maximum atomic E-state index is 12.2. The van der Waals surface area contributed by atoms with E-state index in [1.54, 1.807) is 7.11 Å². The number of rotatable bonds is 7. The predicted molar refractivity (Wildman–Crippen MR) is 99.9 cm³/mol. The normalized spacial score (nSPS) is 11.8. The molecule has 0 aliphatic heterocycles. The molecule has 1 N–H and O–H groups in total. The first-order valence-electron chi connectivity index (χ1n) is 8.12. The first-order chi connectivity index (χ1) is 12.7. The van der Waals surface area contributed by atoms with Gasteiger partial charge in [-0.25, -0.2) is 0 Å². The number of hydrogen-bond acceptors (Lipinski definition) is 6. The highest BCUT2D eigenvalue weighted by atomic mass is 32.2. The van der Waals surface area contributed by atoms with Gasteiger partial charge < -0.3 is 14.6 Å². The highest BCUT2D eigenvalue weighted by molar-refractivity contribution is 8.00. The summed E-state index contributed by atoms with van der Waals surface area (Å²) in [6.07, 6.45) is 0. The zero-order valence-electron chi connectivity index (χ0n) is 14.5. The Morgan fingerprint density at radius 2 is 2.04 bits per heavy atom. The first kappa shape index (κ1) is 18.0. The second-order valence-electron chi connectivity index (χ2n) is 5.53. The highest BCUT2D eigenvalue weighted by Gasteiger charge is 2.16. The van der Waals surface area contributed by atoms with Gasteiger partial charge in [-0.15, -0.1) is 11.8 Å². The molecule has 1 atom stereocenters. The van der Waals surface area contributed by atoms with E-state index in [2.05, 4.69) is 15.5 Å². The van der Waals surface area contributed by atoms with Crippen LogP contribution in [0.15, 0.2) is 64.0 Å². The fourth-order valence-electron chi connectivity index (χ4n) is 2.27. The molecule has 1 heterocycles. The minimum Gasteiger partial charge on any atom is -0.497 e. The highest BCUT2D eigenvalue weighted by Crippen LogP contribution is 2.23. The van der Waals surface area contributed by atoms with Gasteiger partial charge in [0.2, 0.25) is 17.6 Å². The molecule has 134 valence electrons. The van der Waals surface area contributed by atoms with E-state index in [-0.39, 0.29) is 17.7 Å². The Kier molecular flexibility index (Phi) is 5.91. The first-order valence-corrected chi connectivity index (χ1v) is 9.00. The van der Waals surface area contributed by atoms with Crippen molar-refractivity contribution in [2.24, 2.45) is 0 Å². The fraction of sp³-hybridized carbons (Fsp3) is 0.211. The molecule has 6 nitrogen and oxygen atoms in total. The van der Waals surface area contributed by atoms with Crippen LogP contribution in [0.25, 0.3) is 11.4 Å². The van der Waals surface area contributed by atoms with Crippen molar-refractivity contribution in [2.45, 2.75) is 23.6 Å². The summed E-state index contributed by atoms with van der Waals surface area (Å²) < 4.78 is 10.4. The largest absolute Gasteiger partial charge is 0.497 e. The summed E-state index contributed by atoms with van der Waals surface area (Å²) in [5, 5.41) is 6.56. The minimum absolute atomic E-state index is 0.0833. The molecule has 1 aromatic heterocycles. The Morgan fingerprint density at radius 1 is 1.23 bits per heavy atom. The van der Waals surface area contributed by atoms with Gasteiger partial charge in [0.1, 0.15) is 5.75 Å². The summed E-state index contributed by atoms with van der Waals surface area (Å²) >= 11 is 1.50. The third kappa shape index (κ3) is 4.64. The van der Waals surface area contributed by atoms with Crippen LogP contribution >= 0.6 is 11.8 Å². The fourth-order valence-corrected chi connectivity index (χ4v) is 3.18. The lowest BCUT2D eigenvalue weighted by Crippen LogP contribution is -2.30. The average Bonchev–Trinajstić information content (AvgIpc) is 3.16. The molecule has 0 radical (unpaired) electrons. The molecule has 1 unspecified atom stereocenters. The van der Waals surface area contributed by atoms with Crippen molar-refractivity contribution in [2.75, 3.05) is 7.11 Å². The van der Waals surface area contributed by atoms with Crippen molar-refractivity contribution in [3.63, 3.8) is 0 Å². The standard InChI is InChI=1S/C19H19N3O3S/c1-13(26-16-9-4-3-5-10-16)19(23)20-12-17-21-18(22-25-17)14-7-6-8-15(11-14)24-2/h3-11,13H,12H2,1-2H3,(H,20,23). The van der Waals surface area contributed by atoms with Gasteiger partial charge in [0.15, 0.2) is 0 Å². The van der Waals surface area contributed by atoms with E-state index in [1.165, 1.54) is 11.8 Å². The maximum Gasteiger partial charge on any atom is 0.246 e. The molecule has 3 aromatic rings. The van der Waals surface area contributed by atoms with Gasteiger partial charge in [0, 0.05) is 10.5 Å². The molecule has 3 rings (SSSR count). The van der Waals surface area contributed by atoms with Crippen LogP contribution in [0.2, 0.25) is 0 Å². The van der Waals surface area contributed by atoms with E-state index in [0.717, 1.165) is 10.5 Å². The molecular formula is C19H19N3O3S. The van der Waals surface area contributed by atoms with Crippen LogP contribution in [0.4, 0.5) is 0 Å². The number of ether oxygens (including phenoxy) is 1. The van der Waals surface area contributed by atoms with Gasteiger partial charge in [0.25, 0.3) is 0 Å². The quantitative estimate of drug-likeness (QED) is 0.642. The number of benzene rings is 2. The number of hydrogen-bond donors (Lipinski definition) is 1. The van der Waals surface area contributed by atoms with Crippen LogP contribution in [0, 0.1) is 0 Å². The van der Waals surface area contributed by atoms with E-state index in [0.29, 0.717) is 17.5 Å². The van der Waals surface area contributed by atoms with Crippen molar-refractivity contribution in [1.82, 2.24) is 15.5 Å². The molecule has 0 aliphatic rings. The van der Waals surface area contributed by atoms with Gasteiger partial charge in [0.05, 0.1) is 18.9 Å². The third-order valence-electron chi connectivity index (χ3n) is 3.64. The number of nitrogens with zero attached hydrogens (tertiary/aromatic N) is 2. The Morgan fingerprint density at radius 3 is 2.81 bits per heavy atom. The summed E-state index contributed by atoms with van der Waals surface area (Å²) in [7, 11) is 1.60. The van der Waals surface area contributed by atoms with Crippen LogP contribution in [0.1, 0.15) is 12.8 Å². The average molecular weight is 369 g/mol. The predicted octanol–water partition coefficient (Wildman–Crippen LogP) is 3.54. The Balaban J connectivity index is 1.56. The number of methoxy groups -OCH3 is 1. The topological polar surface area (TPSA) is 77.3 Å². The van der Waals surface area contributed by atoms with Crippen molar-refractivity contribution < 1.29 is 14.1 Å². The number of amides is 1. The summed E-state index contributed by atoms with van der Waals surface area (Å²) in [6, 6.07) is 17.2. The molecule has 1 amide bonds. The summed E-state index contributed by atoms with van der Waals surface area (Å²) in [6.45, 7) is 2.05. The van der Waals surface area contributed by atoms with Crippen molar-refractivity contribution in [1.29, 1.82) is 0 Å². The van der Waals surface area contributed by atoms with Crippen LogP contribution in [-0.4, -0.2) is 28.4 Å². The molecule has 7 heteroatoms. The summed E-state index contributed by atoms with van der Waals surface area (Å²) in [4.78, 5) is 17.6. The summed E-state index contributed by atoms with van der Waals surface area (Å²) in [5.41, 5.74) is 0.790. The lowest BCUT2D eigenvalue weighted by molar-refractivity contribution is -0.120. The van der Waals surface area contributed by atoms with Crippen molar-refractivity contribution in [3.8, 4) is 17.1 Å². The van der Waals surface area contributed by atoms with E-state index in [1.807, 2.05) is 61.5 Å². The van der Waals surface area contributed by atoms with Crippen LogP contribution < -0.4 is 10.1 Å². The van der Waals surface area contributed by atoms with Gasteiger partial charge in [-0.05, 0) is 31.2 Å². The molecule has 2 aromatic carbocycles. The lowest BCUT2D eigenvalue weighted by atomic mass is 10.2. The molecule has 0 fully saturated rings. The van der Waals surface area contributed by atoms with Crippen molar-refractivity contribution >= 4 is 17.7 Å². The zero-order chi connectivity index (χ0) is 18.4. The monoisotopic (exact) mass is 369 g/mol. The molecule has 26 heavy (non-hydrogen) atoms. The smallest absolute Gasteiger partial charge is 0.246 e. The SMILES string of the molecule is COc1cccc(-c2noc(CNC(=O)C(C)Sc3ccccc3)n2)c1. The van der Waals surface area contributed by atoms with Crippen LogP contribution in [0.3, 0.4) is 0 Å². The molecule has 0 spiro atoms. The Bertz CT molecular complexity index is 867. The van der Waals surface area contributed by atoms with Gasteiger partial charge in [-0.3, -0.25) is 4.79 Å². The van der Waals surface area contributed by atoms with E-state index in [4.69, 9.17) is 9.26 Å². The van der Waals surface area contributed by atoms with Crippen molar-refractivity contribution in [3.05, 3.63) is 60.5 Å². The number of thioether (sulfide) groups is 1. The van der Waals surface area contributed by atoms with E-state index >= 15 is 0 Å². The molecule has 0 aliphatic carbocycles. The number of nitrogens with one attached hydrogen (secondary N) is 1. The van der Waals surface area contributed by atoms with Crippen LogP contribution in [0.5, 0.6) is 5.75 Å². The maximum absolute atomic E-state index is 12.2. The lowest BCUT2D eigenvalue weighted by Gasteiger charge is -2.10. The molecule has 0 saturated heterocycles. The minimum atomic E-state index is -0.224. The number of carbonyl (C=O) groups excluding carboxylic acids is 1. The van der Waals surface area contributed by atoms with Gasteiger partial charge in [-0.2, -0.15) is 4.98 Å². The second-order valence-corrected chi connectivity index (χ2v) is 6.95. The Labute approximate surface area is 156 Å². The van der Waals surface area contributed by atoms with Gasteiger partial charge >= 0.3 is 0 Å². The van der Waals surface area contributed by atoms with E-state index < -0.39 is 0 Å². The van der Waals surface area contributed by atoms with Crippen LogP contribution in [-0.2, 0) is 11.3 Å². The molecular weight excluding hydrogens is 350 g/mol. The Hall–Kier alpha value is -2.80. The third-order valence-corrected chi connectivity index (χ3v) is 4.75. The second kappa shape index (κ2) is 8.53. The number of carbonyl (C=O) groups is 1. The summed E-state index contributed by atoms with van der Waals surface area (Å²) in [5.74, 6) is 1.45. The molecule has 0 bridgehead atoms. The molecule has 0 saturated carbocycles. The zero-order valence-corrected chi connectivity index (χ0v) is 15.3. The van der Waals surface area contributed by atoms with Gasteiger partial charge in [-0.1, -0.05) is 35.5 Å². The number of aromatic nitrogens is 2. The van der Waals surface area contributed by atoms with E-state index in [9.17, 15) is 4.79 Å².